The summed E-state index contributed by atoms with van der Waals surface area (Å²) in [4.78, 5) is 3.97. The Kier molecular flexibility index (Phi) is 2.25. The Morgan fingerprint density at radius 1 is 1.15 bits per heavy atom. The fourth-order valence-electron chi connectivity index (χ4n) is 1.05. The molecule has 0 saturated heterocycles. The van der Waals surface area contributed by atoms with Crippen molar-refractivity contribution in [2.75, 3.05) is 0 Å². The van der Waals surface area contributed by atoms with Crippen molar-refractivity contribution in [3.05, 3.63) is 40.7 Å². The van der Waals surface area contributed by atoms with Gasteiger partial charge in [0.15, 0.2) is 0 Å². The number of oxazole rings is 1. The van der Waals surface area contributed by atoms with Crippen molar-refractivity contribution in [2.24, 2.45) is 0 Å². The van der Waals surface area contributed by atoms with Crippen molar-refractivity contribution >= 4 is 23.2 Å². The summed E-state index contributed by atoms with van der Waals surface area (Å²) in [5.74, 6) is 0.440. The highest BCUT2D eigenvalue weighted by molar-refractivity contribution is 6.38. The number of benzene rings is 1. The lowest BCUT2D eigenvalue weighted by atomic mass is 10.2. The van der Waals surface area contributed by atoms with Gasteiger partial charge in [0.05, 0.1) is 21.8 Å². The monoisotopic (exact) mass is 213 g/mol. The van der Waals surface area contributed by atoms with Crippen LogP contribution in [-0.4, -0.2) is 4.98 Å². The van der Waals surface area contributed by atoms with Crippen LogP contribution < -0.4 is 0 Å². The van der Waals surface area contributed by atoms with Crippen molar-refractivity contribution in [2.45, 2.75) is 0 Å². The van der Waals surface area contributed by atoms with Crippen molar-refractivity contribution in [1.82, 2.24) is 4.98 Å². The molecule has 0 spiro atoms. The van der Waals surface area contributed by atoms with E-state index in [0.717, 1.165) is 0 Å². The number of hydrogen-bond donors (Lipinski definition) is 0. The third-order valence-corrected chi connectivity index (χ3v) is 2.24. The van der Waals surface area contributed by atoms with E-state index >= 15 is 0 Å². The summed E-state index contributed by atoms with van der Waals surface area (Å²) in [5.41, 5.74) is 0.635. The molecule has 0 saturated carbocycles. The van der Waals surface area contributed by atoms with Crippen LogP contribution in [0.2, 0.25) is 10.0 Å². The van der Waals surface area contributed by atoms with Gasteiger partial charge in [-0.25, -0.2) is 4.98 Å². The fraction of sp³-hybridized carbons (Fsp3) is 0. The predicted octanol–water partition coefficient (Wildman–Crippen LogP) is 3.65. The highest BCUT2D eigenvalue weighted by atomic mass is 35.5. The maximum Gasteiger partial charge on any atom is 0.228 e. The molecule has 0 aliphatic rings. The topological polar surface area (TPSA) is 26.0 Å². The minimum absolute atomic E-state index is 0.440. The molecule has 0 aliphatic heterocycles. The second-order valence-corrected chi connectivity index (χ2v) is 3.25. The van der Waals surface area contributed by atoms with Crippen LogP contribution in [0.5, 0.6) is 0 Å². The average molecular weight is 214 g/mol. The van der Waals surface area contributed by atoms with Gasteiger partial charge in [-0.05, 0) is 12.1 Å². The van der Waals surface area contributed by atoms with Crippen molar-refractivity contribution in [3.63, 3.8) is 0 Å². The van der Waals surface area contributed by atoms with Crippen molar-refractivity contribution in [1.29, 1.82) is 0 Å². The second kappa shape index (κ2) is 3.40. The molecule has 0 N–H and O–H groups in total. The van der Waals surface area contributed by atoms with Crippen LogP contribution in [0, 0.1) is 0 Å². The first-order valence-corrected chi connectivity index (χ1v) is 4.38. The van der Waals surface area contributed by atoms with E-state index in [1.165, 1.54) is 6.26 Å². The molecule has 0 unspecified atom stereocenters. The molecule has 1 aromatic heterocycles. The summed E-state index contributed by atoms with van der Waals surface area (Å²) < 4.78 is 5.10. The molecule has 0 amide bonds. The largest absolute Gasteiger partial charge is 0.444 e. The maximum absolute atomic E-state index is 5.94. The van der Waals surface area contributed by atoms with Crippen molar-refractivity contribution < 1.29 is 4.42 Å². The molecular weight excluding hydrogens is 209 g/mol. The smallest absolute Gasteiger partial charge is 0.228 e. The molecule has 0 bridgehead atoms. The molecule has 2 aromatic rings. The Labute approximate surface area is 85.1 Å². The summed E-state index contributed by atoms with van der Waals surface area (Å²) in [6.45, 7) is 0. The lowest BCUT2D eigenvalue weighted by Crippen LogP contribution is -1.80. The lowest BCUT2D eigenvalue weighted by molar-refractivity contribution is 0.574. The average Bonchev–Trinajstić information content (AvgIpc) is 2.57. The fourth-order valence-corrected chi connectivity index (χ4v) is 1.61. The number of rotatable bonds is 1. The molecule has 0 aliphatic carbocycles. The predicted molar refractivity (Wildman–Crippen MR) is 52.0 cm³/mol. The van der Waals surface area contributed by atoms with Gasteiger partial charge in [0.25, 0.3) is 0 Å². The molecule has 0 fully saturated rings. The molecule has 2 rings (SSSR count). The molecular formula is C9H5Cl2NO. The minimum atomic E-state index is 0.440. The quantitative estimate of drug-likeness (QED) is 0.723. The normalized spacial score (nSPS) is 10.3. The van der Waals surface area contributed by atoms with Gasteiger partial charge >= 0.3 is 0 Å². The van der Waals surface area contributed by atoms with Crippen LogP contribution >= 0.6 is 23.2 Å². The molecule has 1 heterocycles. The van der Waals surface area contributed by atoms with E-state index in [9.17, 15) is 0 Å². The summed E-state index contributed by atoms with van der Waals surface area (Å²) in [6.07, 6.45) is 3.03. The standard InChI is InChI=1S/C9H5Cl2NO/c10-6-2-1-3-7(11)8(6)9-12-4-5-13-9/h1-5H. The summed E-state index contributed by atoms with van der Waals surface area (Å²) in [7, 11) is 0. The number of hydrogen-bond acceptors (Lipinski definition) is 2. The summed E-state index contributed by atoms with van der Waals surface area (Å²) in [6, 6.07) is 5.26. The van der Waals surface area contributed by atoms with Crippen LogP contribution in [0.15, 0.2) is 35.1 Å². The van der Waals surface area contributed by atoms with Gasteiger partial charge in [0.2, 0.25) is 5.89 Å². The van der Waals surface area contributed by atoms with Gasteiger partial charge in [-0.1, -0.05) is 29.3 Å². The van der Waals surface area contributed by atoms with Crippen LogP contribution in [-0.2, 0) is 0 Å². The zero-order valence-electron chi connectivity index (χ0n) is 6.50. The van der Waals surface area contributed by atoms with Crippen LogP contribution in [0.4, 0.5) is 0 Å². The van der Waals surface area contributed by atoms with Crippen LogP contribution in [0.1, 0.15) is 0 Å². The number of halogens is 2. The molecule has 4 heteroatoms. The van der Waals surface area contributed by atoms with E-state index in [1.54, 1.807) is 24.4 Å². The molecule has 13 heavy (non-hydrogen) atoms. The summed E-state index contributed by atoms with van der Waals surface area (Å²) in [5, 5.41) is 1.07. The Morgan fingerprint density at radius 3 is 2.38 bits per heavy atom. The van der Waals surface area contributed by atoms with Gasteiger partial charge in [0.1, 0.15) is 6.26 Å². The second-order valence-electron chi connectivity index (χ2n) is 2.43. The zero-order valence-corrected chi connectivity index (χ0v) is 8.01. The third kappa shape index (κ3) is 1.55. The highest BCUT2D eigenvalue weighted by Gasteiger charge is 2.11. The van der Waals surface area contributed by atoms with Crippen LogP contribution in [0.25, 0.3) is 11.5 Å². The highest BCUT2D eigenvalue weighted by Crippen LogP contribution is 2.33. The molecule has 2 nitrogen and oxygen atoms in total. The van der Waals surface area contributed by atoms with Crippen LogP contribution in [0.3, 0.4) is 0 Å². The number of aromatic nitrogens is 1. The first kappa shape index (κ1) is 8.60. The van der Waals surface area contributed by atoms with Gasteiger partial charge in [-0.15, -0.1) is 0 Å². The third-order valence-electron chi connectivity index (χ3n) is 1.61. The van der Waals surface area contributed by atoms with E-state index in [2.05, 4.69) is 4.98 Å². The molecule has 0 radical (unpaired) electrons. The Hall–Kier alpha value is -0.990. The van der Waals surface area contributed by atoms with E-state index in [4.69, 9.17) is 27.6 Å². The van der Waals surface area contributed by atoms with Gasteiger partial charge in [0, 0.05) is 0 Å². The Balaban J connectivity index is 2.64. The van der Waals surface area contributed by atoms with E-state index in [-0.39, 0.29) is 0 Å². The lowest BCUT2D eigenvalue weighted by Gasteiger charge is -2.00. The SMILES string of the molecule is Clc1cccc(Cl)c1-c1ncco1. The number of nitrogens with zero attached hydrogens (tertiary/aromatic N) is 1. The van der Waals surface area contributed by atoms with E-state index in [0.29, 0.717) is 21.5 Å². The summed E-state index contributed by atoms with van der Waals surface area (Å²) >= 11 is 11.9. The van der Waals surface area contributed by atoms with Gasteiger partial charge in [-0.2, -0.15) is 0 Å². The molecule has 0 atom stereocenters. The minimum Gasteiger partial charge on any atom is -0.444 e. The first-order valence-electron chi connectivity index (χ1n) is 3.63. The van der Waals surface area contributed by atoms with E-state index in [1.807, 2.05) is 0 Å². The Bertz CT molecular complexity index is 391. The Morgan fingerprint density at radius 2 is 1.85 bits per heavy atom. The molecule has 1 aromatic carbocycles. The van der Waals surface area contributed by atoms with E-state index < -0.39 is 0 Å². The van der Waals surface area contributed by atoms with Gasteiger partial charge in [-0.3, -0.25) is 0 Å². The van der Waals surface area contributed by atoms with Crippen molar-refractivity contribution in [3.8, 4) is 11.5 Å². The maximum atomic E-state index is 5.94. The van der Waals surface area contributed by atoms with Gasteiger partial charge < -0.3 is 4.42 Å². The first-order chi connectivity index (χ1) is 6.29. The molecule has 66 valence electrons. The zero-order chi connectivity index (χ0) is 9.26.